The summed E-state index contributed by atoms with van der Waals surface area (Å²) in [5.41, 5.74) is 1.68. The van der Waals surface area contributed by atoms with E-state index in [-0.39, 0.29) is 23.0 Å². The second-order valence-corrected chi connectivity index (χ2v) is 8.54. The van der Waals surface area contributed by atoms with Crippen molar-refractivity contribution in [1.29, 1.82) is 5.26 Å². The number of hydrogen-bond acceptors (Lipinski definition) is 3. The van der Waals surface area contributed by atoms with Crippen LogP contribution in [-0.2, 0) is 11.4 Å². The first-order valence-corrected chi connectivity index (χ1v) is 10.9. The molecule has 8 heteroatoms. The fraction of sp³-hybridized carbons (Fsp3) is 0.0435. The molecule has 0 aliphatic heterocycles. The molecule has 0 atom stereocenters. The third-order valence-electron chi connectivity index (χ3n) is 4.07. The number of carbonyl (C=O) groups excluding carboxylic acids is 1. The van der Waals surface area contributed by atoms with E-state index in [2.05, 4.69) is 37.2 Å². The van der Waals surface area contributed by atoms with Gasteiger partial charge in [0.05, 0.1) is 9.50 Å². The minimum Gasteiger partial charge on any atom is -0.486 e. The zero-order valence-corrected chi connectivity index (χ0v) is 19.8. The number of nitrogens with zero attached hydrogens (tertiary/aromatic N) is 1. The average molecular weight is 565 g/mol. The van der Waals surface area contributed by atoms with Gasteiger partial charge in [0.25, 0.3) is 5.91 Å². The van der Waals surface area contributed by atoms with Gasteiger partial charge in [-0.05, 0) is 81.7 Å². The molecule has 0 saturated heterocycles. The van der Waals surface area contributed by atoms with Crippen molar-refractivity contribution in [3.8, 4) is 11.8 Å². The van der Waals surface area contributed by atoms with Crippen molar-refractivity contribution in [1.82, 2.24) is 0 Å². The normalized spacial score (nSPS) is 11.0. The molecule has 0 heterocycles. The molecule has 1 N–H and O–H groups in total. The van der Waals surface area contributed by atoms with Gasteiger partial charge >= 0.3 is 0 Å². The Morgan fingerprint density at radius 2 is 1.90 bits per heavy atom. The molecule has 0 radical (unpaired) electrons. The van der Waals surface area contributed by atoms with E-state index in [0.717, 1.165) is 4.47 Å². The molecule has 0 aliphatic carbocycles. The summed E-state index contributed by atoms with van der Waals surface area (Å²) < 4.78 is 20.4. The van der Waals surface area contributed by atoms with Gasteiger partial charge in [0.1, 0.15) is 24.1 Å². The van der Waals surface area contributed by atoms with Crippen molar-refractivity contribution in [2.24, 2.45) is 0 Å². The molecular formula is C23H14Br2ClFN2O2. The van der Waals surface area contributed by atoms with Gasteiger partial charge in [0, 0.05) is 10.2 Å². The van der Waals surface area contributed by atoms with Gasteiger partial charge in [0.15, 0.2) is 5.75 Å². The Hall–Kier alpha value is -2.66. The van der Waals surface area contributed by atoms with Crippen molar-refractivity contribution < 1.29 is 13.9 Å². The molecule has 0 unspecified atom stereocenters. The first-order chi connectivity index (χ1) is 14.9. The molecule has 3 aromatic carbocycles. The van der Waals surface area contributed by atoms with Crippen LogP contribution in [0.3, 0.4) is 0 Å². The standard InChI is InChI=1S/C23H14Br2ClFN2O2/c24-17-4-6-19(7-5-17)29-23(30)16(12-28)8-15-10-20(25)22(21(26)11-15)31-13-14-2-1-3-18(27)9-14/h1-11H,13H2,(H,29,30)/b16-8-. The van der Waals surface area contributed by atoms with E-state index in [1.807, 2.05) is 6.07 Å². The second-order valence-electron chi connectivity index (χ2n) is 6.36. The van der Waals surface area contributed by atoms with Crippen molar-refractivity contribution in [2.45, 2.75) is 6.61 Å². The molecule has 4 nitrogen and oxygen atoms in total. The largest absolute Gasteiger partial charge is 0.486 e. The maximum atomic E-state index is 13.3. The minimum absolute atomic E-state index is 0.0840. The van der Waals surface area contributed by atoms with E-state index >= 15 is 0 Å². The third kappa shape index (κ3) is 6.41. The molecule has 1 amide bonds. The SMILES string of the molecule is N#C/C(=C/c1cc(Cl)c(OCc2cccc(F)c2)c(Br)c1)C(=O)Nc1ccc(Br)cc1. The number of hydrogen-bond donors (Lipinski definition) is 1. The highest BCUT2D eigenvalue weighted by Crippen LogP contribution is 2.35. The van der Waals surface area contributed by atoms with E-state index in [1.165, 1.54) is 18.2 Å². The molecule has 0 bridgehead atoms. The van der Waals surface area contributed by atoms with Crippen LogP contribution in [0.4, 0.5) is 10.1 Å². The number of anilines is 1. The van der Waals surface area contributed by atoms with E-state index in [0.29, 0.717) is 27.0 Å². The molecule has 31 heavy (non-hydrogen) atoms. The summed E-state index contributed by atoms with van der Waals surface area (Å²) in [4.78, 5) is 12.4. The highest BCUT2D eigenvalue weighted by atomic mass is 79.9. The fourth-order valence-electron chi connectivity index (χ4n) is 2.63. The third-order valence-corrected chi connectivity index (χ3v) is 5.47. The van der Waals surface area contributed by atoms with Crippen LogP contribution in [0.25, 0.3) is 6.08 Å². The number of rotatable bonds is 6. The van der Waals surface area contributed by atoms with Gasteiger partial charge in [-0.1, -0.05) is 39.7 Å². The first kappa shape index (κ1) is 23.0. The summed E-state index contributed by atoms with van der Waals surface area (Å²) in [6, 6.07) is 18.2. The maximum Gasteiger partial charge on any atom is 0.266 e. The number of nitriles is 1. The van der Waals surface area contributed by atoms with Crippen LogP contribution < -0.4 is 10.1 Å². The van der Waals surface area contributed by atoms with Crippen molar-refractivity contribution in [2.75, 3.05) is 5.32 Å². The lowest BCUT2D eigenvalue weighted by atomic mass is 10.1. The van der Waals surface area contributed by atoms with Crippen LogP contribution in [0.5, 0.6) is 5.75 Å². The van der Waals surface area contributed by atoms with E-state index in [4.69, 9.17) is 16.3 Å². The van der Waals surface area contributed by atoms with Crippen LogP contribution in [0.2, 0.25) is 5.02 Å². The number of halogens is 4. The Kier molecular flexibility index (Phi) is 7.85. The molecule has 3 aromatic rings. The average Bonchev–Trinajstić information content (AvgIpc) is 2.73. The number of benzene rings is 3. The van der Waals surface area contributed by atoms with Gasteiger partial charge in [0.2, 0.25) is 0 Å². The topological polar surface area (TPSA) is 62.1 Å². The Labute approximate surface area is 200 Å². The highest BCUT2D eigenvalue weighted by molar-refractivity contribution is 9.10. The van der Waals surface area contributed by atoms with E-state index < -0.39 is 5.91 Å². The molecule has 0 spiro atoms. The van der Waals surface area contributed by atoms with Gasteiger partial charge < -0.3 is 10.1 Å². The van der Waals surface area contributed by atoms with Crippen LogP contribution in [0.1, 0.15) is 11.1 Å². The number of ether oxygens (including phenoxy) is 1. The summed E-state index contributed by atoms with van der Waals surface area (Å²) in [6.07, 6.45) is 1.43. The Bertz CT molecular complexity index is 1170. The lowest BCUT2D eigenvalue weighted by Gasteiger charge is -2.11. The summed E-state index contributed by atoms with van der Waals surface area (Å²) in [6.45, 7) is 0.129. The predicted molar refractivity (Wildman–Crippen MR) is 126 cm³/mol. The molecule has 3 rings (SSSR count). The summed E-state index contributed by atoms with van der Waals surface area (Å²) in [7, 11) is 0. The highest BCUT2D eigenvalue weighted by Gasteiger charge is 2.13. The molecular weight excluding hydrogens is 551 g/mol. The lowest BCUT2D eigenvalue weighted by Crippen LogP contribution is -2.13. The maximum absolute atomic E-state index is 13.3. The monoisotopic (exact) mass is 562 g/mol. The minimum atomic E-state index is -0.538. The summed E-state index contributed by atoms with van der Waals surface area (Å²) in [5, 5.41) is 12.4. The molecule has 0 aromatic heterocycles. The Morgan fingerprint density at radius 1 is 1.16 bits per heavy atom. The zero-order chi connectivity index (χ0) is 22.4. The van der Waals surface area contributed by atoms with Crippen LogP contribution in [0, 0.1) is 17.1 Å². The van der Waals surface area contributed by atoms with Crippen molar-refractivity contribution >= 4 is 61.1 Å². The van der Waals surface area contributed by atoms with E-state index in [1.54, 1.807) is 48.5 Å². The van der Waals surface area contributed by atoms with Gasteiger partial charge in [-0.3, -0.25) is 4.79 Å². The van der Waals surface area contributed by atoms with Gasteiger partial charge in [-0.25, -0.2) is 4.39 Å². The second kappa shape index (κ2) is 10.6. The summed E-state index contributed by atoms with van der Waals surface area (Å²) in [5.74, 6) is -0.512. The molecule has 0 fully saturated rings. The van der Waals surface area contributed by atoms with Crippen LogP contribution in [0.15, 0.2) is 75.2 Å². The van der Waals surface area contributed by atoms with Crippen molar-refractivity contribution in [3.63, 3.8) is 0 Å². The molecule has 0 aliphatic rings. The molecule has 156 valence electrons. The van der Waals surface area contributed by atoms with Crippen molar-refractivity contribution in [3.05, 3.63) is 97.1 Å². The molecule has 0 saturated carbocycles. The van der Waals surface area contributed by atoms with E-state index in [9.17, 15) is 14.4 Å². The Morgan fingerprint density at radius 3 is 2.55 bits per heavy atom. The van der Waals surface area contributed by atoms with Gasteiger partial charge in [-0.2, -0.15) is 5.26 Å². The number of carbonyl (C=O) groups is 1. The Balaban J connectivity index is 1.76. The smallest absolute Gasteiger partial charge is 0.266 e. The number of amides is 1. The quantitative estimate of drug-likeness (QED) is 0.256. The zero-order valence-electron chi connectivity index (χ0n) is 15.8. The lowest BCUT2D eigenvalue weighted by molar-refractivity contribution is -0.112. The fourth-order valence-corrected chi connectivity index (χ4v) is 3.88. The van der Waals surface area contributed by atoms with Gasteiger partial charge in [-0.15, -0.1) is 0 Å². The van der Waals surface area contributed by atoms with Crippen LogP contribution >= 0.6 is 43.5 Å². The predicted octanol–water partition coefficient (Wildman–Crippen LogP) is 7.13. The van der Waals surface area contributed by atoms with Crippen LogP contribution in [-0.4, -0.2) is 5.91 Å². The summed E-state index contributed by atoms with van der Waals surface area (Å²) >= 11 is 13.1. The first-order valence-electron chi connectivity index (χ1n) is 8.90. The number of nitrogens with one attached hydrogen (secondary N) is 1.